The predicted octanol–water partition coefficient (Wildman–Crippen LogP) is 0.803. The molecule has 2 aromatic heterocycles. The van der Waals surface area contributed by atoms with E-state index in [-0.39, 0.29) is 0 Å². The van der Waals surface area contributed by atoms with Crippen LogP contribution in [0.3, 0.4) is 0 Å². The second kappa shape index (κ2) is 3.02. The highest BCUT2D eigenvalue weighted by molar-refractivity contribution is 5.36. The zero-order chi connectivity index (χ0) is 9.38. The number of rotatable bonds is 3. The lowest BCUT2D eigenvalue weighted by Crippen LogP contribution is -2.02. The summed E-state index contributed by atoms with van der Waals surface area (Å²) in [5.74, 6) is 0. The Morgan fingerprint density at radius 1 is 1.43 bits per heavy atom. The van der Waals surface area contributed by atoms with Crippen LogP contribution < -0.4 is 0 Å². The van der Waals surface area contributed by atoms with Crippen molar-refractivity contribution in [1.29, 1.82) is 0 Å². The molecule has 1 aliphatic rings. The van der Waals surface area contributed by atoms with Crippen molar-refractivity contribution in [2.24, 2.45) is 0 Å². The Morgan fingerprint density at radius 3 is 3.21 bits per heavy atom. The first-order valence-electron chi connectivity index (χ1n) is 4.71. The minimum Gasteiger partial charge on any atom is -0.372 e. The summed E-state index contributed by atoms with van der Waals surface area (Å²) in [5, 5.41) is 11.4. The van der Waals surface area contributed by atoms with Gasteiger partial charge in [-0.2, -0.15) is 4.52 Å². The van der Waals surface area contributed by atoms with E-state index in [4.69, 9.17) is 4.74 Å². The topological polar surface area (TPSA) is 52.3 Å². The van der Waals surface area contributed by atoms with Crippen molar-refractivity contribution in [1.82, 2.24) is 20.0 Å². The van der Waals surface area contributed by atoms with Crippen LogP contribution in [0.25, 0.3) is 5.65 Å². The third-order valence-corrected chi connectivity index (χ3v) is 2.29. The number of nitrogens with zero attached hydrogens (tertiary/aromatic N) is 4. The van der Waals surface area contributed by atoms with Crippen molar-refractivity contribution in [2.75, 3.05) is 0 Å². The van der Waals surface area contributed by atoms with Gasteiger partial charge in [0.15, 0.2) is 5.65 Å². The number of tetrazole rings is 1. The van der Waals surface area contributed by atoms with Crippen LogP contribution in [-0.2, 0) is 11.3 Å². The summed E-state index contributed by atoms with van der Waals surface area (Å²) in [4.78, 5) is 0. The first-order chi connectivity index (χ1) is 6.93. The maximum Gasteiger partial charge on any atom is 0.179 e. The quantitative estimate of drug-likeness (QED) is 0.718. The normalized spacial score (nSPS) is 16.3. The molecule has 0 spiro atoms. The molecule has 5 nitrogen and oxygen atoms in total. The summed E-state index contributed by atoms with van der Waals surface area (Å²) < 4.78 is 7.31. The van der Waals surface area contributed by atoms with E-state index in [0.717, 1.165) is 11.3 Å². The molecule has 14 heavy (non-hydrogen) atoms. The summed E-state index contributed by atoms with van der Waals surface area (Å²) >= 11 is 0. The van der Waals surface area contributed by atoms with Gasteiger partial charge in [0, 0.05) is 0 Å². The molecule has 0 bridgehead atoms. The van der Waals surface area contributed by atoms with Gasteiger partial charge in [0.05, 0.1) is 18.4 Å². The molecule has 0 unspecified atom stereocenters. The van der Waals surface area contributed by atoms with Crippen molar-refractivity contribution < 1.29 is 4.74 Å². The van der Waals surface area contributed by atoms with E-state index >= 15 is 0 Å². The predicted molar refractivity (Wildman–Crippen MR) is 48.6 cm³/mol. The van der Waals surface area contributed by atoms with Gasteiger partial charge in [-0.25, -0.2) is 0 Å². The average Bonchev–Trinajstić information content (AvgIpc) is 2.91. The van der Waals surface area contributed by atoms with Gasteiger partial charge in [-0.1, -0.05) is 6.07 Å². The van der Waals surface area contributed by atoms with Gasteiger partial charge in [-0.15, -0.1) is 5.10 Å². The van der Waals surface area contributed by atoms with Crippen molar-refractivity contribution in [2.45, 2.75) is 25.6 Å². The van der Waals surface area contributed by atoms with E-state index < -0.39 is 0 Å². The first-order valence-corrected chi connectivity index (χ1v) is 4.71. The molecule has 5 heteroatoms. The smallest absolute Gasteiger partial charge is 0.179 e. The first kappa shape index (κ1) is 7.87. The third kappa shape index (κ3) is 1.35. The fourth-order valence-electron chi connectivity index (χ4n) is 1.37. The van der Waals surface area contributed by atoms with Crippen molar-refractivity contribution in [3.63, 3.8) is 0 Å². The van der Waals surface area contributed by atoms with Crippen molar-refractivity contribution >= 4 is 5.65 Å². The third-order valence-electron chi connectivity index (χ3n) is 2.29. The number of pyridine rings is 1. The fourth-order valence-corrected chi connectivity index (χ4v) is 1.37. The Morgan fingerprint density at radius 2 is 2.36 bits per heavy atom. The highest BCUT2D eigenvalue weighted by Gasteiger charge is 2.22. The Balaban J connectivity index is 1.89. The van der Waals surface area contributed by atoms with Gasteiger partial charge in [-0.3, -0.25) is 0 Å². The van der Waals surface area contributed by atoms with Crippen LogP contribution in [0.1, 0.15) is 18.5 Å². The molecular formula is C9H10N4O. The second-order valence-electron chi connectivity index (χ2n) is 3.48. The lowest BCUT2D eigenvalue weighted by Gasteiger charge is -2.03. The zero-order valence-corrected chi connectivity index (χ0v) is 7.63. The number of fused-ring (bicyclic) bond motifs is 1. The molecule has 0 aliphatic heterocycles. The molecule has 2 aromatic rings. The maximum absolute atomic E-state index is 5.60. The Hall–Kier alpha value is -1.49. The highest BCUT2D eigenvalue weighted by Crippen LogP contribution is 2.24. The molecule has 0 radical (unpaired) electrons. The van der Waals surface area contributed by atoms with Gasteiger partial charge in [0.1, 0.15) is 0 Å². The molecule has 0 N–H and O–H groups in total. The van der Waals surface area contributed by atoms with Crippen molar-refractivity contribution in [3.8, 4) is 0 Å². The van der Waals surface area contributed by atoms with Crippen LogP contribution in [-0.4, -0.2) is 26.1 Å². The summed E-state index contributed by atoms with van der Waals surface area (Å²) in [6, 6.07) is 5.80. The van der Waals surface area contributed by atoms with Gasteiger partial charge in [0.2, 0.25) is 0 Å². The molecule has 2 heterocycles. The maximum atomic E-state index is 5.60. The molecule has 1 fully saturated rings. The second-order valence-corrected chi connectivity index (χ2v) is 3.48. The van der Waals surface area contributed by atoms with Crippen LogP contribution in [0.15, 0.2) is 18.2 Å². The van der Waals surface area contributed by atoms with Gasteiger partial charge >= 0.3 is 0 Å². The number of ether oxygens (including phenoxy) is 1. The van der Waals surface area contributed by atoms with Crippen LogP contribution in [0, 0.1) is 0 Å². The zero-order valence-electron chi connectivity index (χ0n) is 7.63. The SMILES string of the molecule is c1cc(COC2CC2)n2nnnc2c1. The molecule has 1 aliphatic carbocycles. The molecule has 1 saturated carbocycles. The molecule has 0 atom stereocenters. The summed E-state index contributed by atoms with van der Waals surface area (Å²) in [6.07, 6.45) is 2.83. The highest BCUT2D eigenvalue weighted by atomic mass is 16.5. The molecule has 72 valence electrons. The van der Waals surface area contributed by atoms with E-state index in [1.165, 1.54) is 12.8 Å². The minimum absolute atomic E-state index is 0.460. The number of hydrogen-bond donors (Lipinski definition) is 0. The molecule has 3 rings (SSSR count). The monoisotopic (exact) mass is 190 g/mol. The molecule has 0 amide bonds. The largest absolute Gasteiger partial charge is 0.372 e. The Kier molecular flexibility index (Phi) is 1.70. The summed E-state index contributed by atoms with van der Waals surface area (Å²) in [5.41, 5.74) is 1.77. The van der Waals surface area contributed by atoms with Crippen molar-refractivity contribution in [3.05, 3.63) is 23.9 Å². The number of hydrogen-bond acceptors (Lipinski definition) is 4. The molecular weight excluding hydrogens is 180 g/mol. The van der Waals surface area contributed by atoms with Crippen LogP contribution in [0.2, 0.25) is 0 Å². The van der Waals surface area contributed by atoms with E-state index in [1.807, 2.05) is 18.2 Å². The summed E-state index contributed by atoms with van der Waals surface area (Å²) in [7, 11) is 0. The van der Waals surface area contributed by atoms with E-state index in [0.29, 0.717) is 12.7 Å². The van der Waals surface area contributed by atoms with Crippen LogP contribution >= 0.6 is 0 Å². The van der Waals surface area contributed by atoms with Crippen LogP contribution in [0.5, 0.6) is 0 Å². The van der Waals surface area contributed by atoms with E-state index in [9.17, 15) is 0 Å². The molecule has 0 saturated heterocycles. The van der Waals surface area contributed by atoms with E-state index in [2.05, 4.69) is 15.5 Å². The minimum atomic E-state index is 0.460. The average molecular weight is 190 g/mol. The Labute approximate surface area is 80.7 Å². The standard InChI is InChI=1S/C9H10N4O/c1-2-7(6-14-8-4-5-8)13-9(3-1)10-11-12-13/h1-3,8H,4-6H2. The summed E-state index contributed by atoms with van der Waals surface area (Å²) in [6.45, 7) is 0.590. The Bertz CT molecular complexity index is 449. The van der Waals surface area contributed by atoms with Gasteiger partial charge in [-0.05, 0) is 35.4 Å². The fraction of sp³-hybridized carbons (Fsp3) is 0.444. The lowest BCUT2D eigenvalue weighted by atomic mass is 10.3. The van der Waals surface area contributed by atoms with Gasteiger partial charge in [0.25, 0.3) is 0 Å². The molecule has 0 aromatic carbocycles. The lowest BCUT2D eigenvalue weighted by molar-refractivity contribution is 0.102. The number of aromatic nitrogens is 4. The van der Waals surface area contributed by atoms with E-state index in [1.54, 1.807) is 4.52 Å². The van der Waals surface area contributed by atoms with Gasteiger partial charge < -0.3 is 4.74 Å². The van der Waals surface area contributed by atoms with Crippen LogP contribution in [0.4, 0.5) is 0 Å².